The van der Waals surface area contributed by atoms with Crippen LogP contribution < -0.4 is 16.4 Å². The molecule has 27 heavy (non-hydrogen) atoms. The van der Waals surface area contributed by atoms with Crippen molar-refractivity contribution in [2.75, 3.05) is 18.2 Å². The highest BCUT2D eigenvalue weighted by atomic mass is 35.5. The number of nitrogens with two attached hydrogens (primary N) is 1. The van der Waals surface area contributed by atoms with E-state index in [1.807, 2.05) is 39.0 Å². The molecule has 0 fully saturated rings. The zero-order valence-electron chi connectivity index (χ0n) is 15.8. The van der Waals surface area contributed by atoms with Crippen molar-refractivity contribution < 1.29 is 9.53 Å². The number of rotatable bonds is 5. The number of nitrogens with zero attached hydrogens (tertiary/aromatic N) is 1. The summed E-state index contributed by atoms with van der Waals surface area (Å²) < 4.78 is 4.95. The standard InChI is InChI=1S/C19H24ClN5O2/c1-5-15-17(18(22)27-4)14(21)9-16(24-15)25-19(26)23-11(3)12-6-7-13(20)10(2)8-12/h6-9,11,22H,5H2,1-4H3,(H4,21,23,24,25,26). The lowest BCUT2D eigenvalue weighted by Crippen LogP contribution is -2.31. The van der Waals surface area contributed by atoms with Gasteiger partial charge in [-0.05, 0) is 37.5 Å². The molecule has 0 radical (unpaired) electrons. The SMILES string of the molecule is CCc1nc(NC(=O)NC(C)c2ccc(Cl)c(C)c2)cc(N)c1C(=N)OC. The number of amides is 2. The molecule has 0 aliphatic heterocycles. The van der Waals surface area contributed by atoms with E-state index >= 15 is 0 Å². The van der Waals surface area contributed by atoms with Gasteiger partial charge < -0.3 is 15.8 Å². The number of methoxy groups -OCH3 is 1. The van der Waals surface area contributed by atoms with E-state index in [9.17, 15) is 4.79 Å². The Labute approximate surface area is 163 Å². The summed E-state index contributed by atoms with van der Waals surface area (Å²) in [6.45, 7) is 5.68. The first kappa shape index (κ1) is 20.5. The van der Waals surface area contributed by atoms with Crippen LogP contribution in [0.4, 0.5) is 16.3 Å². The topological polar surface area (TPSA) is 113 Å². The fraction of sp³-hybridized carbons (Fsp3) is 0.316. The molecule has 2 aromatic rings. The predicted molar refractivity (Wildman–Crippen MR) is 109 cm³/mol. The molecule has 0 bridgehead atoms. The largest absolute Gasteiger partial charge is 0.481 e. The van der Waals surface area contributed by atoms with Gasteiger partial charge in [0.05, 0.1) is 24.4 Å². The average Bonchev–Trinajstić information content (AvgIpc) is 2.62. The first-order chi connectivity index (χ1) is 12.8. The monoisotopic (exact) mass is 389 g/mol. The summed E-state index contributed by atoms with van der Waals surface area (Å²) in [7, 11) is 1.40. The Bertz CT molecular complexity index is 869. The number of aryl methyl sites for hydroxylation is 2. The summed E-state index contributed by atoms with van der Waals surface area (Å²) in [5.41, 5.74) is 9.26. The maximum atomic E-state index is 12.3. The Morgan fingerprint density at radius 3 is 2.70 bits per heavy atom. The molecular formula is C19H24ClN5O2. The van der Waals surface area contributed by atoms with Gasteiger partial charge in [0.15, 0.2) is 0 Å². The fourth-order valence-electron chi connectivity index (χ4n) is 2.67. The molecule has 1 heterocycles. The number of hydrogen-bond acceptors (Lipinski definition) is 5. The molecule has 1 aromatic carbocycles. The van der Waals surface area contributed by atoms with E-state index in [4.69, 9.17) is 27.5 Å². The average molecular weight is 390 g/mol. The first-order valence-electron chi connectivity index (χ1n) is 8.52. The zero-order chi connectivity index (χ0) is 20.1. The minimum atomic E-state index is -0.404. The van der Waals surface area contributed by atoms with Crippen molar-refractivity contribution in [2.24, 2.45) is 0 Å². The van der Waals surface area contributed by atoms with Crippen LogP contribution in [0.2, 0.25) is 5.02 Å². The molecule has 8 heteroatoms. The van der Waals surface area contributed by atoms with Gasteiger partial charge in [0.2, 0.25) is 5.90 Å². The Hall–Kier alpha value is -2.80. The maximum absolute atomic E-state index is 12.3. The number of nitrogens with one attached hydrogen (secondary N) is 3. The van der Waals surface area contributed by atoms with Crippen LogP contribution in [0.25, 0.3) is 0 Å². The van der Waals surface area contributed by atoms with E-state index < -0.39 is 6.03 Å². The van der Waals surface area contributed by atoms with Crippen LogP contribution in [0.1, 0.15) is 42.3 Å². The molecule has 1 aromatic heterocycles. The highest BCUT2D eigenvalue weighted by Gasteiger charge is 2.17. The van der Waals surface area contributed by atoms with Crippen molar-refractivity contribution in [3.05, 3.63) is 51.7 Å². The molecule has 2 rings (SSSR count). The number of hydrogen-bond donors (Lipinski definition) is 4. The minimum absolute atomic E-state index is 0.0559. The Balaban J connectivity index is 2.14. The molecule has 7 nitrogen and oxygen atoms in total. The molecule has 0 aliphatic carbocycles. The number of ether oxygens (including phenoxy) is 1. The molecule has 1 atom stereocenters. The van der Waals surface area contributed by atoms with E-state index in [1.165, 1.54) is 13.2 Å². The Morgan fingerprint density at radius 1 is 1.41 bits per heavy atom. The summed E-state index contributed by atoms with van der Waals surface area (Å²) in [6, 6.07) is 6.50. The molecular weight excluding hydrogens is 366 g/mol. The number of urea groups is 1. The lowest BCUT2D eigenvalue weighted by molar-refractivity contribution is 0.249. The second-order valence-corrected chi connectivity index (χ2v) is 6.54. The van der Waals surface area contributed by atoms with Crippen molar-refractivity contribution in [3.8, 4) is 0 Å². The molecule has 1 unspecified atom stereocenters. The summed E-state index contributed by atoms with van der Waals surface area (Å²) in [4.78, 5) is 16.7. The van der Waals surface area contributed by atoms with Gasteiger partial charge in [-0.2, -0.15) is 0 Å². The van der Waals surface area contributed by atoms with Gasteiger partial charge in [-0.15, -0.1) is 0 Å². The van der Waals surface area contributed by atoms with Crippen molar-refractivity contribution in [3.63, 3.8) is 0 Å². The fourth-order valence-corrected chi connectivity index (χ4v) is 2.79. The van der Waals surface area contributed by atoms with E-state index in [2.05, 4.69) is 15.6 Å². The number of carbonyl (C=O) groups is 1. The van der Waals surface area contributed by atoms with Crippen molar-refractivity contribution in [2.45, 2.75) is 33.2 Å². The van der Waals surface area contributed by atoms with Crippen LogP contribution in [-0.4, -0.2) is 24.0 Å². The van der Waals surface area contributed by atoms with Crippen LogP contribution in [0.15, 0.2) is 24.3 Å². The van der Waals surface area contributed by atoms with Crippen molar-refractivity contribution in [1.29, 1.82) is 5.41 Å². The van der Waals surface area contributed by atoms with E-state index in [1.54, 1.807) is 0 Å². The predicted octanol–water partition coefficient (Wildman–Crippen LogP) is 4.04. The smallest absolute Gasteiger partial charge is 0.320 e. The molecule has 0 spiro atoms. The second-order valence-electron chi connectivity index (χ2n) is 6.13. The van der Waals surface area contributed by atoms with E-state index in [0.717, 1.165) is 11.1 Å². The van der Waals surface area contributed by atoms with Gasteiger partial charge in [-0.3, -0.25) is 10.7 Å². The van der Waals surface area contributed by atoms with E-state index in [0.29, 0.717) is 34.2 Å². The lowest BCUT2D eigenvalue weighted by Gasteiger charge is -2.17. The van der Waals surface area contributed by atoms with Gasteiger partial charge in [0, 0.05) is 16.8 Å². The van der Waals surface area contributed by atoms with Gasteiger partial charge in [-0.25, -0.2) is 9.78 Å². The van der Waals surface area contributed by atoms with Gasteiger partial charge in [-0.1, -0.05) is 30.7 Å². The number of anilines is 2. The molecule has 0 saturated heterocycles. The maximum Gasteiger partial charge on any atom is 0.320 e. The summed E-state index contributed by atoms with van der Waals surface area (Å²) in [5.74, 6) is 0.258. The van der Waals surface area contributed by atoms with Crippen LogP contribution in [0.5, 0.6) is 0 Å². The van der Waals surface area contributed by atoms with Crippen molar-refractivity contribution in [1.82, 2.24) is 10.3 Å². The van der Waals surface area contributed by atoms with Crippen LogP contribution in [-0.2, 0) is 11.2 Å². The van der Waals surface area contributed by atoms with Crippen LogP contribution in [0, 0.1) is 12.3 Å². The van der Waals surface area contributed by atoms with Crippen LogP contribution in [0.3, 0.4) is 0 Å². The number of carbonyl (C=O) groups excluding carboxylic acids is 1. The van der Waals surface area contributed by atoms with Gasteiger partial charge in [0.1, 0.15) is 5.82 Å². The lowest BCUT2D eigenvalue weighted by atomic mass is 10.1. The Morgan fingerprint density at radius 2 is 2.11 bits per heavy atom. The quantitative estimate of drug-likeness (QED) is 0.456. The third-order valence-electron chi connectivity index (χ3n) is 4.16. The number of pyridine rings is 1. The third-order valence-corrected chi connectivity index (χ3v) is 4.59. The number of nitrogen functional groups attached to an aromatic ring is 1. The minimum Gasteiger partial charge on any atom is -0.481 e. The number of aromatic nitrogens is 1. The molecule has 0 aliphatic rings. The number of halogens is 1. The van der Waals surface area contributed by atoms with Gasteiger partial charge in [0.25, 0.3) is 0 Å². The van der Waals surface area contributed by atoms with Crippen LogP contribution >= 0.6 is 11.6 Å². The summed E-state index contributed by atoms with van der Waals surface area (Å²) in [5, 5.41) is 14.1. The summed E-state index contributed by atoms with van der Waals surface area (Å²) >= 11 is 6.04. The first-order valence-corrected chi connectivity index (χ1v) is 8.90. The second kappa shape index (κ2) is 8.73. The molecule has 5 N–H and O–H groups in total. The number of benzene rings is 1. The summed E-state index contributed by atoms with van der Waals surface area (Å²) in [6.07, 6.45) is 0.545. The molecule has 144 valence electrons. The third kappa shape index (κ3) is 4.89. The normalized spacial score (nSPS) is 11.6. The molecule has 2 amide bonds. The molecule has 0 saturated carbocycles. The Kier molecular flexibility index (Phi) is 6.63. The highest BCUT2D eigenvalue weighted by molar-refractivity contribution is 6.31. The zero-order valence-corrected chi connectivity index (χ0v) is 16.6. The highest BCUT2D eigenvalue weighted by Crippen LogP contribution is 2.23. The van der Waals surface area contributed by atoms with E-state index in [-0.39, 0.29) is 11.9 Å². The van der Waals surface area contributed by atoms with Crippen molar-refractivity contribution >= 4 is 35.0 Å². The van der Waals surface area contributed by atoms with Gasteiger partial charge >= 0.3 is 6.03 Å².